The van der Waals surface area contributed by atoms with Crippen molar-refractivity contribution in [1.82, 2.24) is 20.3 Å². The summed E-state index contributed by atoms with van der Waals surface area (Å²) >= 11 is 4.89. The number of nitrogens with one attached hydrogen (secondary N) is 1. The molecule has 1 N–H and O–H groups in total. The van der Waals surface area contributed by atoms with Crippen LogP contribution in [0.15, 0.2) is 24.4 Å². The Morgan fingerprint density at radius 1 is 1.44 bits per heavy atom. The molecule has 10 heteroatoms. The number of rotatable bonds is 4. The summed E-state index contributed by atoms with van der Waals surface area (Å²) in [5.74, 6) is 0.814. The van der Waals surface area contributed by atoms with Gasteiger partial charge in [0.15, 0.2) is 0 Å². The first kappa shape index (κ1) is 17.7. The first-order chi connectivity index (χ1) is 12.1. The van der Waals surface area contributed by atoms with Gasteiger partial charge < -0.3 is 15.0 Å². The largest absolute Gasteiger partial charge is 0.474 e. The van der Waals surface area contributed by atoms with Crippen molar-refractivity contribution in [3.05, 3.63) is 35.9 Å². The molecule has 2 aromatic rings. The van der Waals surface area contributed by atoms with Crippen LogP contribution in [0, 0.1) is 5.82 Å². The molecule has 0 unspecified atom stereocenters. The molecular formula is C15H18FN5O2S2. The van der Waals surface area contributed by atoms with Crippen LogP contribution in [0.25, 0.3) is 5.69 Å². The van der Waals surface area contributed by atoms with Crippen LogP contribution in [0.4, 0.5) is 10.1 Å². The minimum Gasteiger partial charge on any atom is -0.474 e. The fraction of sp³-hybridized carbons (Fsp3) is 0.400. The molecule has 0 bridgehead atoms. The Bertz CT molecular complexity index is 788. The number of nitrogens with zero attached hydrogens (tertiary/aromatic N) is 4. The maximum absolute atomic E-state index is 14.5. The number of anilines is 1. The lowest BCUT2D eigenvalue weighted by Crippen LogP contribution is -2.38. The zero-order valence-corrected chi connectivity index (χ0v) is 15.3. The second-order valence-corrected chi connectivity index (χ2v) is 7.54. The number of methoxy groups -OCH3 is 1. The normalized spacial score (nSPS) is 15.2. The van der Waals surface area contributed by atoms with Crippen molar-refractivity contribution in [3.8, 4) is 5.69 Å². The van der Waals surface area contributed by atoms with E-state index in [0.29, 0.717) is 48.2 Å². The van der Waals surface area contributed by atoms with Crippen LogP contribution in [0.3, 0.4) is 0 Å². The molecule has 1 aliphatic rings. The Morgan fingerprint density at radius 3 is 2.88 bits per heavy atom. The molecule has 1 fully saturated rings. The van der Waals surface area contributed by atoms with Gasteiger partial charge in [0, 0.05) is 41.5 Å². The monoisotopic (exact) mass is 383 g/mol. The van der Waals surface area contributed by atoms with Gasteiger partial charge in [0.1, 0.15) is 11.5 Å². The SMILES string of the molecule is COC(=S)NCc1cn(-c2ccc(N3CCS(=O)CC3)c(F)c2)nn1. The highest BCUT2D eigenvalue weighted by Gasteiger charge is 2.18. The van der Waals surface area contributed by atoms with Crippen molar-refractivity contribution in [1.29, 1.82) is 0 Å². The first-order valence-electron chi connectivity index (χ1n) is 7.69. The van der Waals surface area contributed by atoms with Gasteiger partial charge >= 0.3 is 0 Å². The van der Waals surface area contributed by atoms with Gasteiger partial charge in [0.25, 0.3) is 5.17 Å². The molecule has 134 valence electrons. The summed E-state index contributed by atoms with van der Waals surface area (Å²) in [4.78, 5) is 1.92. The highest BCUT2D eigenvalue weighted by atomic mass is 32.2. The molecule has 0 saturated carbocycles. The summed E-state index contributed by atoms with van der Waals surface area (Å²) in [6.07, 6.45) is 1.70. The topological polar surface area (TPSA) is 72.3 Å². The molecule has 0 spiro atoms. The van der Waals surface area contributed by atoms with Crippen LogP contribution < -0.4 is 10.2 Å². The van der Waals surface area contributed by atoms with E-state index in [9.17, 15) is 8.60 Å². The predicted octanol–water partition coefficient (Wildman–Crippen LogP) is 0.996. The summed E-state index contributed by atoms with van der Waals surface area (Å²) in [5, 5.41) is 11.2. The number of hydrogen-bond acceptors (Lipinski definition) is 6. The molecule has 25 heavy (non-hydrogen) atoms. The van der Waals surface area contributed by atoms with Crippen molar-refractivity contribution < 1.29 is 13.3 Å². The van der Waals surface area contributed by atoms with Crippen LogP contribution in [-0.4, -0.2) is 56.1 Å². The fourth-order valence-electron chi connectivity index (χ4n) is 2.51. The highest BCUT2D eigenvalue weighted by molar-refractivity contribution is 7.85. The number of aromatic nitrogens is 3. The molecule has 0 aliphatic carbocycles. The van der Waals surface area contributed by atoms with Crippen molar-refractivity contribution in [3.63, 3.8) is 0 Å². The molecule has 1 saturated heterocycles. The van der Waals surface area contributed by atoms with Crippen molar-refractivity contribution >= 4 is 33.9 Å². The lowest BCUT2D eigenvalue weighted by atomic mass is 10.2. The standard InChI is InChI=1S/C15H18FN5O2S2/c1-23-15(24)17-9-11-10-21(19-18-11)12-2-3-14(13(16)8-12)20-4-6-25(22)7-5-20/h2-3,8,10H,4-7,9H2,1H3,(H,17,24). The van der Waals surface area contributed by atoms with Crippen molar-refractivity contribution in [2.75, 3.05) is 36.6 Å². The van der Waals surface area contributed by atoms with Crippen LogP contribution >= 0.6 is 12.2 Å². The summed E-state index contributed by atoms with van der Waals surface area (Å²) in [6, 6.07) is 4.93. The number of halogens is 1. The Hall–Kier alpha value is -2.07. The molecule has 1 aromatic heterocycles. The van der Waals surface area contributed by atoms with Gasteiger partial charge in [-0.05, 0) is 24.4 Å². The van der Waals surface area contributed by atoms with Crippen LogP contribution in [-0.2, 0) is 22.1 Å². The van der Waals surface area contributed by atoms with Gasteiger partial charge in [-0.3, -0.25) is 4.21 Å². The van der Waals surface area contributed by atoms with E-state index in [-0.39, 0.29) is 11.0 Å². The summed E-state index contributed by atoms with van der Waals surface area (Å²) in [5.41, 5.74) is 1.75. The van der Waals surface area contributed by atoms with E-state index in [1.807, 2.05) is 4.90 Å². The lowest BCUT2D eigenvalue weighted by Gasteiger charge is -2.28. The third-order valence-electron chi connectivity index (χ3n) is 3.85. The zero-order chi connectivity index (χ0) is 17.8. The van der Waals surface area contributed by atoms with Gasteiger partial charge in [0.2, 0.25) is 0 Å². The molecule has 1 aliphatic heterocycles. The number of benzene rings is 1. The van der Waals surface area contributed by atoms with Crippen LogP contribution in [0.5, 0.6) is 0 Å². The Morgan fingerprint density at radius 2 is 2.20 bits per heavy atom. The zero-order valence-electron chi connectivity index (χ0n) is 13.6. The number of thiocarbonyl (C=S) groups is 1. The average molecular weight is 383 g/mol. The third-order valence-corrected chi connectivity index (χ3v) is 5.44. The number of hydrogen-bond donors (Lipinski definition) is 1. The predicted molar refractivity (Wildman–Crippen MR) is 97.9 cm³/mol. The van der Waals surface area contributed by atoms with E-state index in [1.54, 1.807) is 18.3 Å². The first-order valence-corrected chi connectivity index (χ1v) is 9.59. The highest BCUT2D eigenvalue weighted by Crippen LogP contribution is 2.23. The summed E-state index contributed by atoms with van der Waals surface area (Å²) < 4.78 is 32.3. The maximum atomic E-state index is 14.5. The second-order valence-electron chi connectivity index (χ2n) is 5.47. The van der Waals surface area contributed by atoms with Crippen LogP contribution in [0.2, 0.25) is 0 Å². The van der Waals surface area contributed by atoms with E-state index in [1.165, 1.54) is 17.9 Å². The fourth-order valence-corrected chi connectivity index (χ4v) is 3.64. The summed E-state index contributed by atoms with van der Waals surface area (Å²) in [7, 11) is 0.693. The Labute approximate surface area is 152 Å². The van der Waals surface area contributed by atoms with Crippen molar-refractivity contribution in [2.45, 2.75) is 6.54 Å². The third kappa shape index (κ3) is 4.31. The van der Waals surface area contributed by atoms with E-state index in [0.717, 1.165) is 0 Å². The van der Waals surface area contributed by atoms with Crippen molar-refractivity contribution in [2.24, 2.45) is 0 Å². The van der Waals surface area contributed by atoms with E-state index in [4.69, 9.17) is 17.0 Å². The van der Waals surface area contributed by atoms with Gasteiger partial charge in [-0.15, -0.1) is 5.10 Å². The van der Waals surface area contributed by atoms with Gasteiger partial charge in [-0.25, -0.2) is 9.07 Å². The minimum atomic E-state index is -0.789. The summed E-state index contributed by atoms with van der Waals surface area (Å²) in [6.45, 7) is 1.57. The smallest absolute Gasteiger partial charge is 0.256 e. The van der Waals surface area contributed by atoms with Gasteiger partial charge in [0.05, 0.1) is 31.2 Å². The quantitative estimate of drug-likeness (QED) is 0.790. The van der Waals surface area contributed by atoms with E-state index < -0.39 is 10.8 Å². The Balaban J connectivity index is 1.71. The average Bonchev–Trinajstić information content (AvgIpc) is 3.09. The maximum Gasteiger partial charge on any atom is 0.256 e. The molecular weight excluding hydrogens is 365 g/mol. The molecule has 3 rings (SSSR count). The Kier molecular flexibility index (Phi) is 5.59. The molecule has 0 radical (unpaired) electrons. The van der Waals surface area contributed by atoms with Crippen LogP contribution in [0.1, 0.15) is 5.69 Å². The van der Waals surface area contributed by atoms with E-state index in [2.05, 4.69) is 15.6 Å². The molecule has 1 aromatic carbocycles. The minimum absolute atomic E-state index is 0.271. The molecule has 0 amide bonds. The molecule has 0 atom stereocenters. The lowest BCUT2D eigenvalue weighted by molar-refractivity contribution is 0.392. The van der Waals surface area contributed by atoms with Gasteiger partial charge in [-0.1, -0.05) is 5.21 Å². The molecule has 2 heterocycles. The second kappa shape index (κ2) is 7.87. The number of ether oxygens (including phenoxy) is 1. The van der Waals surface area contributed by atoms with Gasteiger partial charge in [-0.2, -0.15) is 0 Å². The molecule has 7 nitrogen and oxygen atoms in total. The van der Waals surface area contributed by atoms with E-state index >= 15 is 0 Å².